The van der Waals surface area contributed by atoms with Crippen LogP contribution in [-0.4, -0.2) is 11.1 Å². The largest absolute Gasteiger partial charge is 0.481 e. The number of aliphatic carboxylic acids is 1. The van der Waals surface area contributed by atoms with Gasteiger partial charge in [0.15, 0.2) is 0 Å². The zero-order chi connectivity index (χ0) is 13.5. The van der Waals surface area contributed by atoms with Gasteiger partial charge in [-0.25, -0.2) is 0 Å². The quantitative estimate of drug-likeness (QED) is 0.907. The maximum Gasteiger partial charge on any atom is 0.314 e. The molecule has 0 bridgehead atoms. The third-order valence-electron chi connectivity index (χ3n) is 3.67. The van der Waals surface area contributed by atoms with Gasteiger partial charge in [-0.2, -0.15) is 0 Å². The summed E-state index contributed by atoms with van der Waals surface area (Å²) in [5, 5.41) is 9.26. The lowest BCUT2D eigenvalue weighted by Crippen LogP contribution is -2.19. The lowest BCUT2D eigenvalue weighted by Gasteiger charge is -2.10. The van der Waals surface area contributed by atoms with Crippen LogP contribution in [0.3, 0.4) is 0 Å². The van der Waals surface area contributed by atoms with Gasteiger partial charge < -0.3 is 5.11 Å². The highest BCUT2D eigenvalue weighted by atomic mass is 79.9. The van der Waals surface area contributed by atoms with Gasteiger partial charge in [0.2, 0.25) is 0 Å². The van der Waals surface area contributed by atoms with Gasteiger partial charge in [0.05, 0.1) is 9.20 Å². The topological polar surface area (TPSA) is 37.3 Å². The van der Waals surface area contributed by atoms with Crippen molar-refractivity contribution in [3.05, 3.63) is 56.2 Å². The van der Waals surface area contributed by atoms with Crippen molar-refractivity contribution in [2.75, 3.05) is 0 Å². The average Bonchev–Trinajstić information content (AvgIpc) is 3.10. The predicted octanol–water partition coefficient (Wildman–Crippen LogP) is 4.22. The average molecular weight is 337 g/mol. The Labute approximate surface area is 124 Å². The molecule has 0 amide bonds. The van der Waals surface area contributed by atoms with Gasteiger partial charge in [0.25, 0.3) is 0 Å². The molecule has 2 nitrogen and oxygen atoms in total. The van der Waals surface area contributed by atoms with Crippen molar-refractivity contribution >= 4 is 33.2 Å². The van der Waals surface area contributed by atoms with Crippen LogP contribution in [0.25, 0.3) is 0 Å². The number of carboxylic acid groups (broad SMARTS) is 1. The fourth-order valence-corrected chi connectivity index (χ4v) is 3.86. The number of thiophene rings is 1. The molecule has 1 aromatic heterocycles. The minimum Gasteiger partial charge on any atom is -0.481 e. The number of hydrogen-bond acceptors (Lipinski definition) is 2. The minimum absolute atomic E-state index is 0.593. The van der Waals surface area contributed by atoms with Crippen LogP contribution in [-0.2, 0) is 16.6 Å². The van der Waals surface area contributed by atoms with Gasteiger partial charge in [-0.15, -0.1) is 11.3 Å². The Balaban J connectivity index is 1.78. The van der Waals surface area contributed by atoms with E-state index in [9.17, 15) is 9.90 Å². The summed E-state index contributed by atoms with van der Waals surface area (Å²) in [5.74, 6) is -0.692. The molecule has 0 radical (unpaired) electrons. The van der Waals surface area contributed by atoms with E-state index in [0.29, 0.717) is 0 Å². The van der Waals surface area contributed by atoms with Crippen LogP contribution in [0.1, 0.15) is 28.8 Å². The fourth-order valence-electron chi connectivity index (χ4n) is 2.34. The summed E-state index contributed by atoms with van der Waals surface area (Å²) in [6.45, 7) is 0. The molecule has 1 heterocycles. The Hall–Kier alpha value is -1.13. The SMILES string of the molecule is O=C(O)C1(c2ccc(Cc3ccc(Br)s3)cc2)CC1. The molecule has 1 aliphatic rings. The maximum absolute atomic E-state index is 11.3. The standard InChI is InChI=1S/C15H13BrO2S/c16-13-6-5-12(19-13)9-10-1-3-11(4-2-10)15(7-8-15)14(17)18/h1-6H,7-9H2,(H,17,18). The van der Waals surface area contributed by atoms with Crippen molar-refractivity contribution < 1.29 is 9.90 Å². The Morgan fingerprint density at radius 3 is 2.37 bits per heavy atom. The zero-order valence-corrected chi connectivity index (χ0v) is 12.6. The first-order chi connectivity index (χ1) is 9.10. The van der Waals surface area contributed by atoms with Crippen LogP contribution in [0.15, 0.2) is 40.2 Å². The van der Waals surface area contributed by atoms with E-state index >= 15 is 0 Å². The van der Waals surface area contributed by atoms with E-state index in [1.807, 2.05) is 24.3 Å². The van der Waals surface area contributed by atoms with E-state index < -0.39 is 11.4 Å². The molecule has 1 N–H and O–H groups in total. The van der Waals surface area contributed by atoms with Gasteiger partial charge in [-0.05, 0) is 52.0 Å². The summed E-state index contributed by atoms with van der Waals surface area (Å²) >= 11 is 5.19. The highest BCUT2D eigenvalue weighted by Crippen LogP contribution is 2.48. The van der Waals surface area contributed by atoms with E-state index in [0.717, 1.165) is 28.6 Å². The third-order valence-corrected chi connectivity index (χ3v) is 5.30. The van der Waals surface area contributed by atoms with E-state index in [1.54, 1.807) is 11.3 Å². The van der Waals surface area contributed by atoms with Crippen molar-refractivity contribution in [2.45, 2.75) is 24.7 Å². The van der Waals surface area contributed by atoms with E-state index in [1.165, 1.54) is 10.4 Å². The molecule has 1 aliphatic carbocycles. The lowest BCUT2D eigenvalue weighted by atomic mass is 9.95. The maximum atomic E-state index is 11.3. The number of benzene rings is 1. The molecule has 1 aromatic carbocycles. The number of halogens is 1. The number of carboxylic acids is 1. The molecular weight excluding hydrogens is 324 g/mol. The molecule has 98 valence electrons. The Morgan fingerprint density at radius 2 is 1.89 bits per heavy atom. The lowest BCUT2D eigenvalue weighted by molar-refractivity contribution is -0.140. The molecular formula is C15H13BrO2S. The number of hydrogen-bond donors (Lipinski definition) is 1. The molecule has 0 saturated heterocycles. The molecule has 0 unspecified atom stereocenters. The van der Waals surface area contributed by atoms with Crippen molar-refractivity contribution in [3.63, 3.8) is 0 Å². The van der Waals surface area contributed by atoms with Gasteiger partial charge in [-0.1, -0.05) is 24.3 Å². The van der Waals surface area contributed by atoms with E-state index in [-0.39, 0.29) is 0 Å². The highest BCUT2D eigenvalue weighted by molar-refractivity contribution is 9.11. The molecule has 4 heteroatoms. The zero-order valence-electron chi connectivity index (χ0n) is 10.2. The summed E-state index contributed by atoms with van der Waals surface area (Å²) in [7, 11) is 0. The first kappa shape index (κ1) is 12.9. The van der Waals surface area contributed by atoms with Crippen LogP contribution < -0.4 is 0 Å². The molecule has 0 aliphatic heterocycles. The summed E-state index contributed by atoms with van der Waals surface area (Å²) in [4.78, 5) is 12.6. The van der Waals surface area contributed by atoms with Crippen molar-refractivity contribution in [1.82, 2.24) is 0 Å². The number of carbonyl (C=O) groups is 1. The minimum atomic E-state index is -0.692. The number of rotatable bonds is 4. The monoisotopic (exact) mass is 336 g/mol. The summed E-state index contributed by atoms with van der Waals surface area (Å²) < 4.78 is 1.14. The summed E-state index contributed by atoms with van der Waals surface area (Å²) in [6.07, 6.45) is 2.43. The van der Waals surface area contributed by atoms with Crippen LogP contribution in [0.4, 0.5) is 0 Å². The van der Waals surface area contributed by atoms with Crippen molar-refractivity contribution in [1.29, 1.82) is 0 Å². The smallest absolute Gasteiger partial charge is 0.314 e. The van der Waals surface area contributed by atoms with Crippen LogP contribution in [0.5, 0.6) is 0 Å². The molecule has 19 heavy (non-hydrogen) atoms. The van der Waals surface area contributed by atoms with Gasteiger partial charge in [0, 0.05) is 11.3 Å². The van der Waals surface area contributed by atoms with Gasteiger partial charge in [0.1, 0.15) is 0 Å². The van der Waals surface area contributed by atoms with E-state index in [4.69, 9.17) is 0 Å². The second-order valence-electron chi connectivity index (χ2n) is 4.97. The van der Waals surface area contributed by atoms with Crippen LogP contribution in [0.2, 0.25) is 0 Å². The van der Waals surface area contributed by atoms with Gasteiger partial charge in [-0.3, -0.25) is 4.79 Å². The van der Waals surface area contributed by atoms with Crippen LogP contribution >= 0.6 is 27.3 Å². The van der Waals surface area contributed by atoms with Crippen molar-refractivity contribution in [2.24, 2.45) is 0 Å². The normalized spacial score (nSPS) is 16.3. The Bertz CT molecular complexity index is 611. The first-order valence-electron chi connectivity index (χ1n) is 6.17. The second kappa shape index (κ2) is 4.76. The van der Waals surface area contributed by atoms with E-state index in [2.05, 4.69) is 28.1 Å². The second-order valence-corrected chi connectivity index (χ2v) is 7.51. The Morgan fingerprint density at radius 1 is 1.21 bits per heavy atom. The van der Waals surface area contributed by atoms with Gasteiger partial charge >= 0.3 is 5.97 Å². The molecule has 1 fully saturated rings. The molecule has 3 rings (SSSR count). The molecule has 0 spiro atoms. The third kappa shape index (κ3) is 2.47. The summed E-state index contributed by atoms with van der Waals surface area (Å²) in [5.41, 5.74) is 1.57. The fraction of sp³-hybridized carbons (Fsp3) is 0.267. The van der Waals surface area contributed by atoms with Crippen LogP contribution in [0, 0.1) is 0 Å². The molecule has 1 saturated carbocycles. The molecule has 2 aromatic rings. The molecule has 0 atom stereocenters. The highest BCUT2D eigenvalue weighted by Gasteiger charge is 2.51. The van der Waals surface area contributed by atoms with Crippen molar-refractivity contribution in [3.8, 4) is 0 Å². The predicted molar refractivity (Wildman–Crippen MR) is 79.8 cm³/mol. The Kier molecular flexibility index (Phi) is 3.23. The summed E-state index contributed by atoms with van der Waals surface area (Å²) in [6, 6.07) is 12.2. The first-order valence-corrected chi connectivity index (χ1v) is 7.78.